The fraction of sp³-hybridized carbons (Fsp3) is 0.533. The highest BCUT2D eigenvalue weighted by atomic mass is 35.5. The Hall–Kier alpha value is -0.770. The van der Waals surface area contributed by atoms with Gasteiger partial charge in [0.05, 0.1) is 15.6 Å². The second-order valence-corrected chi connectivity index (χ2v) is 5.92. The maximum Gasteiger partial charge on any atom is 0.255 e. The van der Waals surface area contributed by atoms with Gasteiger partial charge in [0.2, 0.25) is 0 Å². The lowest BCUT2D eigenvalue weighted by molar-refractivity contribution is 0.0727. The van der Waals surface area contributed by atoms with Crippen LogP contribution in [0, 0.1) is 5.92 Å². The molecule has 20 heavy (non-hydrogen) atoms. The van der Waals surface area contributed by atoms with Gasteiger partial charge in [-0.15, -0.1) is 0 Å². The van der Waals surface area contributed by atoms with Crippen molar-refractivity contribution in [2.75, 3.05) is 26.2 Å². The van der Waals surface area contributed by atoms with E-state index in [1.807, 2.05) is 11.8 Å². The molecule has 0 saturated carbocycles. The molecular formula is C15H20Cl2N2O. The minimum absolute atomic E-state index is 0.0291. The van der Waals surface area contributed by atoms with Crippen LogP contribution in [0.25, 0.3) is 0 Å². The Morgan fingerprint density at radius 1 is 1.35 bits per heavy atom. The Balaban J connectivity index is 2.10. The zero-order valence-electron chi connectivity index (χ0n) is 11.7. The lowest BCUT2D eigenvalue weighted by Gasteiger charge is -2.29. The average Bonchev–Trinajstić information content (AvgIpc) is 2.48. The van der Waals surface area contributed by atoms with Gasteiger partial charge in [-0.05, 0) is 50.9 Å². The summed E-state index contributed by atoms with van der Waals surface area (Å²) in [6.07, 6.45) is 2.24. The molecule has 5 heteroatoms. The molecule has 0 spiro atoms. The lowest BCUT2D eigenvalue weighted by Crippen LogP contribution is -2.39. The summed E-state index contributed by atoms with van der Waals surface area (Å²) in [4.78, 5) is 14.5. The minimum Gasteiger partial charge on any atom is -0.339 e. The van der Waals surface area contributed by atoms with Crippen LogP contribution in [0.1, 0.15) is 30.1 Å². The van der Waals surface area contributed by atoms with Crippen LogP contribution in [-0.2, 0) is 0 Å². The fourth-order valence-corrected chi connectivity index (χ4v) is 2.95. The van der Waals surface area contributed by atoms with Crippen LogP contribution < -0.4 is 5.32 Å². The van der Waals surface area contributed by atoms with E-state index in [1.165, 1.54) is 0 Å². The highest BCUT2D eigenvalue weighted by Gasteiger charge is 2.22. The maximum absolute atomic E-state index is 12.6. The normalized spacial score (nSPS) is 16.1. The van der Waals surface area contributed by atoms with E-state index >= 15 is 0 Å². The van der Waals surface area contributed by atoms with Gasteiger partial charge in [-0.1, -0.05) is 29.3 Å². The van der Waals surface area contributed by atoms with E-state index < -0.39 is 0 Å². The van der Waals surface area contributed by atoms with E-state index in [-0.39, 0.29) is 5.91 Å². The molecule has 1 aromatic rings. The molecule has 1 amide bonds. The van der Waals surface area contributed by atoms with Crippen molar-refractivity contribution in [3.63, 3.8) is 0 Å². The molecular weight excluding hydrogens is 295 g/mol. The first kappa shape index (κ1) is 15.6. The molecule has 0 aliphatic carbocycles. The standard InChI is InChI=1S/C15H20Cl2N2O/c1-2-19(10-11-6-8-18-9-7-11)15(20)12-4-3-5-13(16)14(12)17/h3-5,11,18H,2,6-10H2,1H3. The topological polar surface area (TPSA) is 32.3 Å². The molecule has 110 valence electrons. The first-order valence-corrected chi connectivity index (χ1v) is 7.83. The first-order chi connectivity index (χ1) is 9.63. The third-order valence-electron chi connectivity index (χ3n) is 3.79. The summed E-state index contributed by atoms with van der Waals surface area (Å²) in [6.45, 7) is 5.55. The van der Waals surface area contributed by atoms with Gasteiger partial charge in [-0.25, -0.2) is 0 Å². The molecule has 1 aromatic carbocycles. The summed E-state index contributed by atoms with van der Waals surface area (Å²) in [5.41, 5.74) is 0.495. The quantitative estimate of drug-likeness (QED) is 0.923. The van der Waals surface area contributed by atoms with Gasteiger partial charge >= 0.3 is 0 Å². The molecule has 0 atom stereocenters. The molecule has 1 heterocycles. The molecule has 0 aromatic heterocycles. The zero-order valence-corrected chi connectivity index (χ0v) is 13.2. The predicted octanol–water partition coefficient (Wildman–Crippen LogP) is 3.46. The second-order valence-electron chi connectivity index (χ2n) is 5.14. The van der Waals surface area contributed by atoms with Crippen molar-refractivity contribution in [3.8, 4) is 0 Å². The number of piperidine rings is 1. The Morgan fingerprint density at radius 2 is 2.05 bits per heavy atom. The molecule has 0 bridgehead atoms. The average molecular weight is 315 g/mol. The third-order valence-corrected chi connectivity index (χ3v) is 4.61. The summed E-state index contributed by atoms with van der Waals surface area (Å²) in [7, 11) is 0. The first-order valence-electron chi connectivity index (χ1n) is 7.07. The fourth-order valence-electron chi connectivity index (χ4n) is 2.57. The summed E-state index contributed by atoms with van der Waals surface area (Å²) in [6, 6.07) is 5.20. The predicted molar refractivity (Wildman–Crippen MR) is 83.6 cm³/mol. The Morgan fingerprint density at radius 3 is 2.70 bits per heavy atom. The van der Waals surface area contributed by atoms with Crippen LogP contribution in [0.15, 0.2) is 18.2 Å². The molecule has 0 radical (unpaired) electrons. The van der Waals surface area contributed by atoms with E-state index in [2.05, 4.69) is 5.32 Å². The Labute approximate surface area is 130 Å². The maximum atomic E-state index is 12.6. The molecule has 1 saturated heterocycles. The van der Waals surface area contributed by atoms with Crippen molar-refractivity contribution in [2.45, 2.75) is 19.8 Å². The summed E-state index contributed by atoms with van der Waals surface area (Å²) < 4.78 is 0. The van der Waals surface area contributed by atoms with Crippen LogP contribution >= 0.6 is 23.2 Å². The largest absolute Gasteiger partial charge is 0.339 e. The zero-order chi connectivity index (χ0) is 14.5. The number of benzene rings is 1. The molecule has 0 unspecified atom stereocenters. The SMILES string of the molecule is CCN(CC1CCNCC1)C(=O)c1cccc(Cl)c1Cl. The van der Waals surface area contributed by atoms with Crippen molar-refractivity contribution in [2.24, 2.45) is 5.92 Å². The highest BCUT2D eigenvalue weighted by molar-refractivity contribution is 6.43. The van der Waals surface area contributed by atoms with Crippen LogP contribution in [0.5, 0.6) is 0 Å². The molecule has 1 fully saturated rings. The van der Waals surface area contributed by atoms with Crippen LogP contribution in [-0.4, -0.2) is 37.0 Å². The van der Waals surface area contributed by atoms with E-state index in [0.29, 0.717) is 28.1 Å². The number of nitrogens with zero attached hydrogens (tertiary/aromatic N) is 1. The van der Waals surface area contributed by atoms with Crippen LogP contribution in [0.3, 0.4) is 0 Å². The number of hydrogen-bond acceptors (Lipinski definition) is 2. The van der Waals surface area contributed by atoms with Crippen molar-refractivity contribution in [1.82, 2.24) is 10.2 Å². The molecule has 1 aliphatic rings. The summed E-state index contributed by atoms with van der Waals surface area (Å²) in [5, 5.41) is 4.12. The van der Waals surface area contributed by atoms with E-state index in [0.717, 1.165) is 32.5 Å². The number of rotatable bonds is 4. The van der Waals surface area contributed by atoms with Crippen molar-refractivity contribution < 1.29 is 4.79 Å². The van der Waals surface area contributed by atoms with Crippen molar-refractivity contribution in [3.05, 3.63) is 33.8 Å². The number of carbonyl (C=O) groups is 1. The van der Waals surface area contributed by atoms with Gasteiger partial charge in [-0.2, -0.15) is 0 Å². The van der Waals surface area contributed by atoms with Gasteiger partial charge in [-0.3, -0.25) is 4.79 Å². The number of hydrogen-bond donors (Lipinski definition) is 1. The molecule has 2 rings (SSSR count). The van der Waals surface area contributed by atoms with Gasteiger partial charge in [0.1, 0.15) is 0 Å². The Bertz CT molecular complexity index is 473. The van der Waals surface area contributed by atoms with Gasteiger partial charge < -0.3 is 10.2 Å². The summed E-state index contributed by atoms with van der Waals surface area (Å²) >= 11 is 12.1. The molecule has 1 N–H and O–H groups in total. The lowest BCUT2D eigenvalue weighted by atomic mass is 9.97. The molecule has 3 nitrogen and oxygen atoms in total. The van der Waals surface area contributed by atoms with E-state index in [1.54, 1.807) is 18.2 Å². The number of amides is 1. The number of halogens is 2. The van der Waals surface area contributed by atoms with Crippen LogP contribution in [0.2, 0.25) is 10.0 Å². The highest BCUT2D eigenvalue weighted by Crippen LogP contribution is 2.27. The smallest absolute Gasteiger partial charge is 0.255 e. The van der Waals surface area contributed by atoms with Gasteiger partial charge in [0.25, 0.3) is 5.91 Å². The monoisotopic (exact) mass is 314 g/mol. The van der Waals surface area contributed by atoms with E-state index in [9.17, 15) is 4.79 Å². The molecule has 1 aliphatic heterocycles. The van der Waals surface area contributed by atoms with E-state index in [4.69, 9.17) is 23.2 Å². The van der Waals surface area contributed by atoms with Gasteiger partial charge in [0, 0.05) is 13.1 Å². The number of nitrogens with one attached hydrogen (secondary N) is 1. The Kier molecular flexibility index (Phi) is 5.70. The van der Waals surface area contributed by atoms with Gasteiger partial charge in [0.15, 0.2) is 0 Å². The van der Waals surface area contributed by atoms with Crippen molar-refractivity contribution in [1.29, 1.82) is 0 Å². The number of carbonyl (C=O) groups excluding carboxylic acids is 1. The third kappa shape index (κ3) is 3.66. The second kappa shape index (κ2) is 7.30. The minimum atomic E-state index is -0.0291. The van der Waals surface area contributed by atoms with Crippen LogP contribution in [0.4, 0.5) is 0 Å². The van der Waals surface area contributed by atoms with Crippen molar-refractivity contribution >= 4 is 29.1 Å². The summed E-state index contributed by atoms with van der Waals surface area (Å²) in [5.74, 6) is 0.539.